The summed E-state index contributed by atoms with van der Waals surface area (Å²) >= 11 is 0. The molecule has 0 amide bonds. The van der Waals surface area contributed by atoms with Crippen molar-refractivity contribution in [2.24, 2.45) is 17.1 Å². The number of hydrogen-bond donors (Lipinski definition) is 1. The van der Waals surface area contributed by atoms with Gasteiger partial charge in [-0.1, -0.05) is 20.3 Å². The maximum atomic E-state index is 6.29. The van der Waals surface area contributed by atoms with Gasteiger partial charge in [0.25, 0.3) is 0 Å². The summed E-state index contributed by atoms with van der Waals surface area (Å²) in [6, 6.07) is 0.454. The number of nitrogens with zero attached hydrogens (tertiary/aromatic N) is 1. The number of rotatable bonds is 2. The van der Waals surface area contributed by atoms with E-state index in [1.165, 1.54) is 58.2 Å². The molecule has 1 saturated heterocycles. The Morgan fingerprint density at radius 2 is 1.88 bits per heavy atom. The van der Waals surface area contributed by atoms with E-state index in [2.05, 4.69) is 18.7 Å². The van der Waals surface area contributed by atoms with Crippen LogP contribution >= 0.6 is 0 Å². The minimum atomic E-state index is 0.454. The van der Waals surface area contributed by atoms with Crippen LogP contribution in [0.1, 0.15) is 52.4 Å². The molecule has 0 aromatic heterocycles. The largest absolute Gasteiger partial charge is 0.327 e. The summed E-state index contributed by atoms with van der Waals surface area (Å²) in [7, 11) is 0. The molecule has 2 atom stereocenters. The van der Waals surface area contributed by atoms with Crippen LogP contribution in [0.5, 0.6) is 0 Å². The highest BCUT2D eigenvalue weighted by molar-refractivity contribution is 4.88. The third-order valence-electron chi connectivity index (χ3n) is 4.52. The zero-order chi connectivity index (χ0) is 11.6. The zero-order valence-electron chi connectivity index (χ0n) is 11.0. The molecule has 94 valence electrons. The molecule has 2 unspecified atom stereocenters. The predicted molar refractivity (Wildman–Crippen MR) is 69.4 cm³/mol. The quantitative estimate of drug-likeness (QED) is 0.781. The van der Waals surface area contributed by atoms with Crippen LogP contribution in [-0.4, -0.2) is 30.6 Å². The van der Waals surface area contributed by atoms with Crippen LogP contribution in [0.15, 0.2) is 0 Å². The maximum Gasteiger partial charge on any atom is 0.00797 e. The van der Waals surface area contributed by atoms with E-state index in [-0.39, 0.29) is 0 Å². The van der Waals surface area contributed by atoms with Gasteiger partial charge < -0.3 is 10.6 Å². The van der Waals surface area contributed by atoms with Gasteiger partial charge in [0, 0.05) is 12.6 Å². The van der Waals surface area contributed by atoms with E-state index in [4.69, 9.17) is 5.73 Å². The second kappa shape index (κ2) is 5.05. The molecule has 0 spiro atoms. The number of piperidine rings is 1. The van der Waals surface area contributed by atoms with Crippen molar-refractivity contribution >= 4 is 0 Å². The topological polar surface area (TPSA) is 29.3 Å². The van der Waals surface area contributed by atoms with Crippen molar-refractivity contribution in [3.05, 3.63) is 0 Å². The monoisotopic (exact) mass is 224 g/mol. The summed E-state index contributed by atoms with van der Waals surface area (Å²) in [6.45, 7) is 8.68. The van der Waals surface area contributed by atoms with Gasteiger partial charge in [0.05, 0.1) is 0 Å². The van der Waals surface area contributed by atoms with Crippen molar-refractivity contribution in [3.63, 3.8) is 0 Å². The second-order valence-electron chi connectivity index (χ2n) is 6.69. The number of likely N-dealkylation sites (tertiary alicyclic amines) is 1. The van der Waals surface area contributed by atoms with Crippen LogP contribution in [0, 0.1) is 11.3 Å². The zero-order valence-corrected chi connectivity index (χ0v) is 11.0. The molecule has 2 N–H and O–H groups in total. The fraction of sp³-hybridized carbons (Fsp3) is 1.00. The minimum absolute atomic E-state index is 0.454. The standard InChI is InChI=1S/C14H28N2/c1-14(2)7-6-13(15)12(10-14)11-16-8-4-3-5-9-16/h12-13H,3-11,15H2,1-2H3. The Hall–Kier alpha value is -0.0800. The van der Waals surface area contributed by atoms with Crippen molar-refractivity contribution in [1.82, 2.24) is 4.90 Å². The molecule has 16 heavy (non-hydrogen) atoms. The molecule has 2 fully saturated rings. The average Bonchev–Trinajstić information content (AvgIpc) is 2.25. The molecular weight excluding hydrogens is 196 g/mol. The molecular formula is C14H28N2. The predicted octanol–water partition coefficient (Wildman–Crippen LogP) is 2.63. The normalized spacial score (nSPS) is 36.2. The van der Waals surface area contributed by atoms with E-state index in [0.717, 1.165) is 5.92 Å². The van der Waals surface area contributed by atoms with Gasteiger partial charge in [-0.15, -0.1) is 0 Å². The van der Waals surface area contributed by atoms with Crippen molar-refractivity contribution in [2.75, 3.05) is 19.6 Å². The molecule has 1 aliphatic heterocycles. The van der Waals surface area contributed by atoms with Crippen LogP contribution in [-0.2, 0) is 0 Å². The Kier molecular flexibility index (Phi) is 3.91. The summed E-state index contributed by atoms with van der Waals surface area (Å²) in [5, 5.41) is 0. The molecule has 0 aromatic rings. The van der Waals surface area contributed by atoms with Crippen molar-refractivity contribution in [3.8, 4) is 0 Å². The van der Waals surface area contributed by atoms with Crippen molar-refractivity contribution < 1.29 is 0 Å². The molecule has 2 aliphatic rings. The fourth-order valence-corrected chi connectivity index (χ4v) is 3.43. The number of hydrogen-bond acceptors (Lipinski definition) is 2. The smallest absolute Gasteiger partial charge is 0.00797 e. The fourth-order valence-electron chi connectivity index (χ4n) is 3.43. The second-order valence-corrected chi connectivity index (χ2v) is 6.69. The van der Waals surface area contributed by atoms with Gasteiger partial charge in [0.2, 0.25) is 0 Å². The molecule has 1 heterocycles. The minimum Gasteiger partial charge on any atom is -0.327 e. The first-order valence-corrected chi connectivity index (χ1v) is 7.05. The highest BCUT2D eigenvalue weighted by atomic mass is 15.1. The highest BCUT2D eigenvalue weighted by Crippen LogP contribution is 2.38. The lowest BCUT2D eigenvalue weighted by Gasteiger charge is -2.42. The van der Waals surface area contributed by atoms with Gasteiger partial charge in [-0.25, -0.2) is 0 Å². The van der Waals surface area contributed by atoms with Crippen molar-refractivity contribution in [2.45, 2.75) is 58.4 Å². The molecule has 1 aliphatic carbocycles. The van der Waals surface area contributed by atoms with Crippen LogP contribution in [0.3, 0.4) is 0 Å². The Labute approximate surface area is 101 Å². The van der Waals surface area contributed by atoms with Crippen LogP contribution < -0.4 is 5.73 Å². The number of nitrogens with two attached hydrogens (primary N) is 1. The summed E-state index contributed by atoms with van der Waals surface area (Å²) in [4.78, 5) is 2.65. The molecule has 2 heteroatoms. The van der Waals surface area contributed by atoms with E-state index in [1.807, 2.05) is 0 Å². The van der Waals surface area contributed by atoms with Crippen molar-refractivity contribution in [1.29, 1.82) is 0 Å². The third-order valence-corrected chi connectivity index (χ3v) is 4.52. The van der Waals surface area contributed by atoms with E-state index >= 15 is 0 Å². The molecule has 0 aromatic carbocycles. The van der Waals surface area contributed by atoms with Gasteiger partial charge in [-0.3, -0.25) is 0 Å². The summed E-state index contributed by atoms with van der Waals surface area (Å²) < 4.78 is 0. The Bertz CT molecular complexity index is 219. The summed E-state index contributed by atoms with van der Waals surface area (Å²) in [5.41, 5.74) is 6.81. The van der Waals surface area contributed by atoms with E-state index < -0.39 is 0 Å². The van der Waals surface area contributed by atoms with Gasteiger partial charge in [-0.05, 0) is 56.5 Å². The third kappa shape index (κ3) is 3.21. The average molecular weight is 224 g/mol. The summed E-state index contributed by atoms with van der Waals surface area (Å²) in [5.74, 6) is 0.738. The van der Waals surface area contributed by atoms with Gasteiger partial charge in [-0.2, -0.15) is 0 Å². The lowest BCUT2D eigenvalue weighted by Crippen LogP contribution is -2.46. The maximum absolute atomic E-state index is 6.29. The van der Waals surface area contributed by atoms with E-state index in [1.54, 1.807) is 0 Å². The van der Waals surface area contributed by atoms with Gasteiger partial charge in [0.1, 0.15) is 0 Å². The van der Waals surface area contributed by atoms with Crippen LogP contribution in [0.4, 0.5) is 0 Å². The first-order valence-electron chi connectivity index (χ1n) is 7.05. The van der Waals surface area contributed by atoms with Gasteiger partial charge in [0.15, 0.2) is 0 Å². The first-order chi connectivity index (χ1) is 7.57. The molecule has 0 bridgehead atoms. The Morgan fingerprint density at radius 1 is 1.19 bits per heavy atom. The Morgan fingerprint density at radius 3 is 2.56 bits per heavy atom. The summed E-state index contributed by atoms with van der Waals surface area (Å²) in [6.07, 6.45) is 8.08. The van der Waals surface area contributed by atoms with E-state index in [9.17, 15) is 0 Å². The van der Waals surface area contributed by atoms with E-state index in [0.29, 0.717) is 11.5 Å². The molecule has 0 radical (unpaired) electrons. The SMILES string of the molecule is CC1(C)CCC(N)C(CN2CCCCC2)C1. The van der Waals surface area contributed by atoms with Crippen LogP contribution in [0.2, 0.25) is 0 Å². The van der Waals surface area contributed by atoms with Gasteiger partial charge >= 0.3 is 0 Å². The molecule has 2 nitrogen and oxygen atoms in total. The lowest BCUT2D eigenvalue weighted by atomic mass is 9.70. The molecule has 1 saturated carbocycles. The molecule has 2 rings (SSSR count). The highest BCUT2D eigenvalue weighted by Gasteiger charge is 2.33. The van der Waals surface area contributed by atoms with Crippen LogP contribution in [0.25, 0.3) is 0 Å². The first kappa shape index (κ1) is 12.4. The Balaban J connectivity index is 1.86. The lowest BCUT2D eigenvalue weighted by molar-refractivity contribution is 0.105.